The molecule has 0 unspecified atom stereocenters. The average molecular weight is 907 g/mol. The Morgan fingerprint density at radius 2 is 1.06 bits per heavy atom. The number of carbonyl (C=O) groups is 4. The molecule has 1 saturated heterocycles. The molecule has 0 N–H and O–H groups in total. The summed E-state index contributed by atoms with van der Waals surface area (Å²) in [4.78, 5) is 55.9. The van der Waals surface area contributed by atoms with Crippen LogP contribution in [0.4, 0.5) is 0 Å². The molecule has 0 aromatic carbocycles. The molecule has 0 spiro atoms. The van der Waals surface area contributed by atoms with E-state index in [1.807, 2.05) is 32.8 Å². The number of hydrogen-bond acceptors (Lipinski definition) is 10. The minimum Gasteiger partial charge on any atom is -0.465 e. The molecule has 64 heavy (non-hydrogen) atoms. The van der Waals surface area contributed by atoms with Crippen LogP contribution in [0.25, 0.3) is 0 Å². The third-order valence-electron chi connectivity index (χ3n) is 13.1. The fourth-order valence-electron chi connectivity index (χ4n) is 8.74. The lowest BCUT2D eigenvalue weighted by molar-refractivity contribution is -0.154. The Kier molecular flexibility index (Phi) is 37.3. The van der Waals surface area contributed by atoms with Crippen LogP contribution in [0, 0.1) is 5.41 Å². The van der Waals surface area contributed by atoms with E-state index in [-0.39, 0.29) is 36.1 Å². The van der Waals surface area contributed by atoms with Crippen LogP contribution in [-0.2, 0) is 38.1 Å². The largest absolute Gasteiger partial charge is 0.465 e. The minimum atomic E-state index is -0.570. The molecule has 0 radical (unpaired) electrons. The van der Waals surface area contributed by atoms with Crippen LogP contribution < -0.4 is 0 Å². The summed E-state index contributed by atoms with van der Waals surface area (Å²) >= 11 is 0. The highest BCUT2D eigenvalue weighted by molar-refractivity contribution is 5.77. The Labute approximate surface area is 394 Å². The number of esters is 4. The van der Waals surface area contributed by atoms with Gasteiger partial charge in [-0.1, -0.05) is 162 Å². The second-order valence-corrected chi connectivity index (χ2v) is 20.1. The van der Waals surface area contributed by atoms with Crippen molar-refractivity contribution in [1.29, 1.82) is 0 Å². The van der Waals surface area contributed by atoms with E-state index in [1.54, 1.807) is 0 Å². The molecule has 0 amide bonds. The van der Waals surface area contributed by atoms with Crippen LogP contribution in [0.3, 0.4) is 0 Å². The van der Waals surface area contributed by atoms with Crippen LogP contribution in [0.2, 0.25) is 0 Å². The Morgan fingerprint density at radius 1 is 0.578 bits per heavy atom. The quantitative estimate of drug-likeness (QED) is 0.0333. The first-order chi connectivity index (χ1) is 30.9. The fraction of sp³-hybridized carbons (Fsp3) is 0.926. The van der Waals surface area contributed by atoms with E-state index in [1.165, 1.54) is 109 Å². The lowest BCUT2D eigenvalue weighted by Crippen LogP contribution is -2.38. The first-order valence-electron chi connectivity index (χ1n) is 27.0. The summed E-state index contributed by atoms with van der Waals surface area (Å²) in [6.45, 7) is 13.3. The monoisotopic (exact) mass is 907 g/mol. The van der Waals surface area contributed by atoms with Crippen molar-refractivity contribution >= 4 is 23.9 Å². The zero-order valence-corrected chi connectivity index (χ0v) is 43.0. The molecule has 1 aliphatic heterocycles. The summed E-state index contributed by atoms with van der Waals surface area (Å²) in [7, 11) is 3.86. The van der Waals surface area contributed by atoms with Gasteiger partial charge in [-0.2, -0.15) is 0 Å². The van der Waals surface area contributed by atoms with Crippen molar-refractivity contribution in [2.45, 2.75) is 271 Å². The van der Waals surface area contributed by atoms with Crippen molar-refractivity contribution < 1.29 is 38.1 Å². The number of ether oxygens (including phenoxy) is 4. The number of rotatable bonds is 44. The minimum absolute atomic E-state index is 0.0514. The molecule has 1 aliphatic rings. The number of nitrogens with zero attached hydrogens (tertiary/aromatic N) is 2. The molecular formula is C54H102N2O8. The van der Waals surface area contributed by atoms with Gasteiger partial charge in [-0.05, 0) is 92.3 Å². The molecule has 1 rings (SSSR count). The van der Waals surface area contributed by atoms with E-state index in [4.69, 9.17) is 18.9 Å². The first-order valence-corrected chi connectivity index (χ1v) is 27.0. The van der Waals surface area contributed by atoms with Gasteiger partial charge in [-0.25, -0.2) is 0 Å². The molecule has 10 heteroatoms. The Hall–Kier alpha value is -2.20. The molecule has 10 nitrogen and oxygen atoms in total. The summed E-state index contributed by atoms with van der Waals surface area (Å²) in [6, 6.07) is -0.460. The average Bonchev–Trinajstić information content (AvgIpc) is 3.67. The summed E-state index contributed by atoms with van der Waals surface area (Å²) in [6.07, 6.45) is 35.8. The third-order valence-corrected chi connectivity index (χ3v) is 13.1. The van der Waals surface area contributed by atoms with Crippen LogP contribution in [-0.4, -0.2) is 98.9 Å². The van der Waals surface area contributed by atoms with Gasteiger partial charge in [0.05, 0.1) is 25.0 Å². The van der Waals surface area contributed by atoms with Gasteiger partial charge >= 0.3 is 23.9 Å². The van der Waals surface area contributed by atoms with Crippen molar-refractivity contribution in [2.24, 2.45) is 5.41 Å². The van der Waals surface area contributed by atoms with Gasteiger partial charge in [0.25, 0.3) is 0 Å². The van der Waals surface area contributed by atoms with E-state index in [0.717, 1.165) is 83.5 Å². The number of carbonyl (C=O) groups excluding carboxylic acids is 4. The normalized spacial score (nSPS) is 15.6. The number of hydrogen-bond donors (Lipinski definition) is 0. The van der Waals surface area contributed by atoms with Crippen LogP contribution in [0.15, 0.2) is 0 Å². The third kappa shape index (κ3) is 32.5. The van der Waals surface area contributed by atoms with Crippen LogP contribution >= 0.6 is 0 Å². The maximum absolute atomic E-state index is 13.4. The Balaban J connectivity index is 2.47. The standard InChI is InChI=1S/C54H102N2O8/c1-8-11-14-17-20-21-22-27-35-44-62-53(60)54(4,5)40-32-33-41-56-46-48(64-51(58)39-42-55(6)7)45-49(56)52(59)61-43-34-28-23-26-31-38-50(57)63-47(36-29-24-18-15-12-9-2)37-30-25-19-16-13-10-3/h47-49H,8-46H2,1-7H3/t48-,49-/m0/s1. The highest BCUT2D eigenvalue weighted by Gasteiger charge is 2.39. The fourth-order valence-corrected chi connectivity index (χ4v) is 8.74. The molecule has 376 valence electrons. The smallest absolute Gasteiger partial charge is 0.323 e. The van der Waals surface area contributed by atoms with Gasteiger partial charge in [0.2, 0.25) is 0 Å². The van der Waals surface area contributed by atoms with Gasteiger partial charge < -0.3 is 23.8 Å². The van der Waals surface area contributed by atoms with Gasteiger partial charge in [-0.15, -0.1) is 0 Å². The maximum atomic E-state index is 13.4. The molecule has 2 atom stereocenters. The van der Waals surface area contributed by atoms with E-state index in [9.17, 15) is 19.2 Å². The molecule has 0 saturated carbocycles. The molecule has 0 bridgehead atoms. The lowest BCUT2D eigenvalue weighted by Gasteiger charge is -2.25. The zero-order valence-electron chi connectivity index (χ0n) is 43.0. The molecule has 1 heterocycles. The lowest BCUT2D eigenvalue weighted by atomic mass is 9.87. The molecular weight excluding hydrogens is 805 g/mol. The molecule has 0 aromatic heterocycles. The van der Waals surface area contributed by atoms with Crippen molar-refractivity contribution in [1.82, 2.24) is 9.80 Å². The van der Waals surface area contributed by atoms with Crippen molar-refractivity contribution in [3.05, 3.63) is 0 Å². The number of likely N-dealkylation sites (tertiary alicyclic amines) is 1. The summed E-state index contributed by atoms with van der Waals surface area (Å²) in [5, 5.41) is 0. The maximum Gasteiger partial charge on any atom is 0.323 e. The zero-order chi connectivity index (χ0) is 47.1. The SMILES string of the molecule is CCCCCCCCCCCOC(=O)C(C)(C)CCCCN1C[C@@H](OC(=O)CCN(C)C)C[C@H]1C(=O)OCCCCCCCC(=O)OC(CCCCCCCC)CCCCCCCC. The second kappa shape index (κ2) is 39.9. The van der Waals surface area contributed by atoms with Gasteiger partial charge in [0.15, 0.2) is 0 Å². The predicted octanol–water partition coefficient (Wildman–Crippen LogP) is 13.5. The second-order valence-electron chi connectivity index (χ2n) is 20.1. The Bertz CT molecular complexity index is 1150. The highest BCUT2D eigenvalue weighted by atomic mass is 16.6. The Morgan fingerprint density at radius 3 is 1.59 bits per heavy atom. The highest BCUT2D eigenvalue weighted by Crippen LogP contribution is 2.28. The van der Waals surface area contributed by atoms with Crippen LogP contribution in [0.1, 0.15) is 253 Å². The van der Waals surface area contributed by atoms with E-state index in [0.29, 0.717) is 58.5 Å². The first kappa shape index (κ1) is 59.8. The molecule has 0 aromatic rings. The van der Waals surface area contributed by atoms with Crippen molar-refractivity contribution in [3.8, 4) is 0 Å². The summed E-state index contributed by atoms with van der Waals surface area (Å²) < 4.78 is 23.4. The van der Waals surface area contributed by atoms with Crippen molar-refractivity contribution in [3.63, 3.8) is 0 Å². The molecule has 0 aliphatic carbocycles. The summed E-state index contributed by atoms with van der Waals surface area (Å²) in [5.74, 6) is -0.691. The van der Waals surface area contributed by atoms with Gasteiger partial charge in [-0.3, -0.25) is 24.1 Å². The van der Waals surface area contributed by atoms with Crippen LogP contribution in [0.5, 0.6) is 0 Å². The van der Waals surface area contributed by atoms with E-state index < -0.39 is 11.5 Å². The topological polar surface area (TPSA) is 112 Å². The number of unbranched alkanes of at least 4 members (excludes halogenated alkanes) is 23. The van der Waals surface area contributed by atoms with E-state index in [2.05, 4.69) is 25.7 Å². The summed E-state index contributed by atoms with van der Waals surface area (Å²) in [5.41, 5.74) is -0.570. The molecule has 1 fully saturated rings. The van der Waals surface area contributed by atoms with E-state index >= 15 is 0 Å². The van der Waals surface area contributed by atoms with Gasteiger partial charge in [0.1, 0.15) is 18.2 Å². The van der Waals surface area contributed by atoms with Gasteiger partial charge in [0, 0.05) is 25.9 Å². The predicted molar refractivity (Wildman–Crippen MR) is 263 cm³/mol. The van der Waals surface area contributed by atoms with Crippen molar-refractivity contribution in [2.75, 3.05) is 46.9 Å².